The molecule has 3 heterocycles. The highest BCUT2D eigenvalue weighted by molar-refractivity contribution is 8.00. The van der Waals surface area contributed by atoms with Crippen LogP contribution < -0.4 is 10.6 Å². The number of carbonyl (C=O) groups excluding carboxylic acids is 2. The van der Waals surface area contributed by atoms with Crippen LogP contribution in [0.4, 0.5) is 0 Å². The third kappa shape index (κ3) is 6.24. The Labute approximate surface area is 183 Å². The molecule has 3 unspecified atom stereocenters. The normalized spacial score (nSPS) is 22.6. The Kier molecular flexibility index (Phi) is 10.6. The van der Waals surface area contributed by atoms with Crippen molar-refractivity contribution in [2.24, 2.45) is 0 Å². The predicted molar refractivity (Wildman–Crippen MR) is 118 cm³/mol. The van der Waals surface area contributed by atoms with Gasteiger partial charge in [-0.25, -0.2) is 4.98 Å². The van der Waals surface area contributed by atoms with E-state index in [4.69, 9.17) is 0 Å². The number of rotatable bonds is 5. The van der Waals surface area contributed by atoms with Gasteiger partial charge in [-0.1, -0.05) is 11.8 Å². The van der Waals surface area contributed by atoms with Crippen LogP contribution in [0.1, 0.15) is 49.9 Å². The molecule has 0 spiro atoms. The van der Waals surface area contributed by atoms with Crippen molar-refractivity contribution in [3.8, 4) is 0 Å². The van der Waals surface area contributed by atoms with Gasteiger partial charge in [0.15, 0.2) is 0 Å². The van der Waals surface area contributed by atoms with Crippen LogP contribution in [-0.2, 0) is 4.79 Å². The van der Waals surface area contributed by atoms with E-state index in [1.54, 1.807) is 18.3 Å². The number of carbonyl (C=O) groups is 2. The van der Waals surface area contributed by atoms with Crippen molar-refractivity contribution in [1.29, 1.82) is 0 Å². The Morgan fingerprint density at radius 2 is 2.00 bits per heavy atom. The van der Waals surface area contributed by atoms with Crippen LogP contribution in [-0.4, -0.2) is 58.7 Å². The molecule has 28 heavy (non-hydrogen) atoms. The average molecular weight is 449 g/mol. The molecule has 2 fully saturated rings. The number of halogens is 2. The second kappa shape index (κ2) is 11.9. The molecule has 2 aliphatic heterocycles. The largest absolute Gasteiger partial charge is 0.348 e. The smallest absolute Gasteiger partial charge is 0.254 e. The molecule has 2 N–H and O–H groups in total. The highest BCUT2D eigenvalue weighted by atomic mass is 35.5. The predicted octanol–water partition coefficient (Wildman–Crippen LogP) is 2.90. The molecule has 0 saturated carbocycles. The fraction of sp³-hybridized carbons (Fsp3) is 0.632. The lowest BCUT2D eigenvalue weighted by Gasteiger charge is -2.30. The van der Waals surface area contributed by atoms with Crippen LogP contribution in [0.25, 0.3) is 0 Å². The van der Waals surface area contributed by atoms with Gasteiger partial charge in [0.05, 0.1) is 10.8 Å². The number of aromatic nitrogens is 1. The molecule has 1 aromatic heterocycles. The van der Waals surface area contributed by atoms with Crippen molar-refractivity contribution in [2.75, 3.05) is 19.6 Å². The van der Waals surface area contributed by atoms with E-state index < -0.39 is 0 Å². The zero-order valence-corrected chi connectivity index (χ0v) is 18.8. The van der Waals surface area contributed by atoms with E-state index in [0.29, 0.717) is 10.6 Å². The van der Waals surface area contributed by atoms with Crippen LogP contribution in [0.5, 0.6) is 0 Å². The molecule has 0 aliphatic carbocycles. The van der Waals surface area contributed by atoms with Crippen molar-refractivity contribution in [1.82, 2.24) is 20.5 Å². The Morgan fingerprint density at radius 3 is 2.68 bits per heavy atom. The average Bonchev–Trinajstić information content (AvgIpc) is 3.18. The van der Waals surface area contributed by atoms with Gasteiger partial charge in [0.2, 0.25) is 5.91 Å². The Hall–Kier alpha value is -1.02. The lowest BCUT2D eigenvalue weighted by molar-refractivity contribution is -0.129. The van der Waals surface area contributed by atoms with E-state index >= 15 is 0 Å². The van der Waals surface area contributed by atoms with Gasteiger partial charge >= 0.3 is 0 Å². The van der Waals surface area contributed by atoms with Crippen molar-refractivity contribution in [2.45, 2.75) is 61.9 Å². The summed E-state index contributed by atoms with van der Waals surface area (Å²) in [6.45, 7) is 6.67. The minimum atomic E-state index is -0.246. The van der Waals surface area contributed by atoms with Gasteiger partial charge in [-0.15, -0.1) is 24.8 Å². The Bertz CT molecular complexity index is 659. The minimum absolute atomic E-state index is 0. The number of likely N-dealkylation sites (tertiary alicyclic amines) is 1. The van der Waals surface area contributed by atoms with Gasteiger partial charge in [-0.05, 0) is 58.2 Å². The summed E-state index contributed by atoms with van der Waals surface area (Å²) in [6, 6.07) is 3.95. The van der Waals surface area contributed by atoms with Gasteiger partial charge in [0, 0.05) is 31.4 Å². The summed E-state index contributed by atoms with van der Waals surface area (Å²) in [5.41, 5.74) is 0.552. The van der Waals surface area contributed by atoms with Crippen molar-refractivity contribution >= 4 is 48.4 Å². The molecule has 9 heteroatoms. The van der Waals surface area contributed by atoms with Gasteiger partial charge < -0.3 is 15.5 Å². The number of piperidine rings is 1. The van der Waals surface area contributed by atoms with Gasteiger partial charge in [-0.2, -0.15) is 0 Å². The standard InChI is InChI=1S/C19H28N4O2S.2ClH/c1-13-16(8-6-9-20-13)22-17(24)15-7-5-10-21-18(15)26-14(2)19(25)23-11-3-4-12-23;;/h5,7,10,13-14,16,20H,3-4,6,8-9,11-12H2,1-2H3,(H,22,24);2*1H. The molecule has 0 bridgehead atoms. The van der Waals surface area contributed by atoms with Crippen LogP contribution >= 0.6 is 36.6 Å². The van der Waals surface area contributed by atoms with E-state index in [2.05, 4.69) is 22.5 Å². The number of nitrogens with one attached hydrogen (secondary N) is 2. The first-order chi connectivity index (χ1) is 12.6. The molecular formula is C19H30Cl2N4O2S. The molecule has 3 atom stereocenters. The molecule has 3 rings (SSSR count). The number of pyridine rings is 1. The number of hydrogen-bond acceptors (Lipinski definition) is 5. The summed E-state index contributed by atoms with van der Waals surface area (Å²) in [7, 11) is 0. The van der Waals surface area contributed by atoms with Crippen molar-refractivity contribution < 1.29 is 9.59 Å². The Morgan fingerprint density at radius 1 is 1.29 bits per heavy atom. The van der Waals surface area contributed by atoms with Gasteiger partial charge in [0.25, 0.3) is 5.91 Å². The highest BCUT2D eigenvalue weighted by Gasteiger charge is 2.27. The van der Waals surface area contributed by atoms with E-state index in [-0.39, 0.29) is 54.0 Å². The third-order valence-electron chi connectivity index (χ3n) is 5.15. The van der Waals surface area contributed by atoms with E-state index in [1.165, 1.54) is 11.8 Å². The number of amides is 2. The summed E-state index contributed by atoms with van der Waals surface area (Å²) < 4.78 is 0. The molecule has 0 aromatic carbocycles. The Balaban J connectivity index is 0.00000196. The highest BCUT2D eigenvalue weighted by Crippen LogP contribution is 2.27. The number of thioether (sulfide) groups is 1. The van der Waals surface area contributed by atoms with Crippen LogP contribution in [0.3, 0.4) is 0 Å². The topological polar surface area (TPSA) is 74.3 Å². The van der Waals surface area contributed by atoms with Crippen molar-refractivity contribution in [3.05, 3.63) is 23.9 Å². The van der Waals surface area contributed by atoms with Gasteiger partial charge in [0.1, 0.15) is 5.03 Å². The summed E-state index contributed by atoms with van der Waals surface area (Å²) in [4.78, 5) is 31.6. The maximum atomic E-state index is 12.8. The van der Waals surface area contributed by atoms with Crippen molar-refractivity contribution in [3.63, 3.8) is 0 Å². The minimum Gasteiger partial charge on any atom is -0.348 e. The summed E-state index contributed by atoms with van der Waals surface area (Å²) in [5, 5.41) is 6.91. The lowest BCUT2D eigenvalue weighted by Crippen LogP contribution is -2.52. The quantitative estimate of drug-likeness (QED) is 0.677. The summed E-state index contributed by atoms with van der Waals surface area (Å²) >= 11 is 1.38. The molecular weight excluding hydrogens is 419 g/mol. The zero-order chi connectivity index (χ0) is 18.5. The fourth-order valence-electron chi connectivity index (χ4n) is 3.56. The summed E-state index contributed by atoms with van der Waals surface area (Å²) in [6.07, 6.45) is 5.87. The number of hydrogen-bond donors (Lipinski definition) is 2. The maximum Gasteiger partial charge on any atom is 0.254 e. The molecule has 2 amide bonds. The molecule has 6 nitrogen and oxygen atoms in total. The molecule has 158 valence electrons. The second-order valence-corrected chi connectivity index (χ2v) is 8.44. The van der Waals surface area contributed by atoms with Crippen LogP contribution in [0.2, 0.25) is 0 Å². The SMILES string of the molecule is CC(Sc1ncccc1C(=O)NC1CCCNC1C)C(=O)N1CCCC1.Cl.Cl. The molecule has 0 radical (unpaired) electrons. The first kappa shape index (κ1) is 25.0. The third-order valence-corrected chi connectivity index (χ3v) is 6.25. The monoisotopic (exact) mass is 448 g/mol. The van der Waals surface area contributed by atoms with E-state index in [1.807, 2.05) is 11.8 Å². The van der Waals surface area contributed by atoms with Gasteiger partial charge in [-0.3, -0.25) is 9.59 Å². The van der Waals surface area contributed by atoms with Crippen LogP contribution in [0, 0.1) is 0 Å². The zero-order valence-electron chi connectivity index (χ0n) is 16.3. The second-order valence-electron chi connectivity index (χ2n) is 7.11. The number of nitrogens with zero attached hydrogens (tertiary/aromatic N) is 2. The first-order valence-corrected chi connectivity index (χ1v) is 10.4. The summed E-state index contributed by atoms with van der Waals surface area (Å²) in [5.74, 6) is 0.0246. The molecule has 2 saturated heterocycles. The van der Waals surface area contributed by atoms with E-state index in [9.17, 15) is 9.59 Å². The maximum absolute atomic E-state index is 12.8. The molecule has 1 aromatic rings. The van der Waals surface area contributed by atoms with Crippen LogP contribution in [0.15, 0.2) is 23.4 Å². The molecule has 2 aliphatic rings. The fourth-order valence-corrected chi connectivity index (χ4v) is 4.55. The van der Waals surface area contributed by atoms with E-state index in [0.717, 1.165) is 45.3 Å². The first-order valence-electron chi connectivity index (χ1n) is 9.51. The lowest BCUT2D eigenvalue weighted by atomic mass is 9.99.